The Morgan fingerprint density at radius 3 is 1.59 bits per heavy atom. The van der Waals surface area contributed by atoms with Gasteiger partial charge in [0.25, 0.3) is 0 Å². The van der Waals surface area contributed by atoms with Gasteiger partial charge >= 0.3 is 6.16 Å². The molecule has 132 valence electrons. The molecule has 3 nitrogen and oxygen atoms in total. The van der Waals surface area contributed by atoms with E-state index >= 15 is 0 Å². The number of rotatable bonds is 14. The lowest BCUT2D eigenvalue weighted by Gasteiger charge is -2.40. The highest BCUT2D eigenvalue weighted by atomic mass is 16.7. The first-order valence-corrected chi connectivity index (χ1v) is 9.48. The van der Waals surface area contributed by atoms with Crippen molar-refractivity contribution in [2.45, 2.75) is 110 Å². The third-order valence-corrected chi connectivity index (χ3v) is 4.75. The Kier molecular flexibility index (Phi) is 12.4. The van der Waals surface area contributed by atoms with Crippen molar-refractivity contribution in [2.75, 3.05) is 0 Å². The molecular weight excluding hydrogens is 276 g/mol. The molecule has 0 radical (unpaired) electrons. The molecule has 0 aromatic heterocycles. The Bertz CT molecular complexity index is 260. The van der Waals surface area contributed by atoms with E-state index in [2.05, 4.69) is 27.7 Å². The zero-order chi connectivity index (χ0) is 16.8. The van der Waals surface area contributed by atoms with E-state index in [9.17, 15) is 9.90 Å². The van der Waals surface area contributed by atoms with Gasteiger partial charge in [0, 0.05) is 0 Å². The van der Waals surface area contributed by atoms with Crippen LogP contribution in [0.5, 0.6) is 0 Å². The molecule has 0 saturated heterocycles. The van der Waals surface area contributed by atoms with Crippen molar-refractivity contribution in [3.63, 3.8) is 0 Å². The number of ether oxygens (including phenoxy) is 1. The molecule has 0 aromatic carbocycles. The average Bonchev–Trinajstić information content (AvgIpc) is 2.50. The zero-order valence-corrected chi connectivity index (χ0v) is 15.3. The van der Waals surface area contributed by atoms with Crippen LogP contribution in [0.2, 0.25) is 0 Å². The first-order valence-electron chi connectivity index (χ1n) is 9.48. The summed E-state index contributed by atoms with van der Waals surface area (Å²) in [4.78, 5) is 11.4. The third kappa shape index (κ3) is 8.05. The molecule has 0 atom stereocenters. The molecular formula is C19H38O3. The van der Waals surface area contributed by atoms with Crippen molar-refractivity contribution in [2.24, 2.45) is 5.92 Å². The van der Waals surface area contributed by atoms with Gasteiger partial charge in [-0.15, -0.1) is 0 Å². The molecule has 0 unspecified atom stereocenters. The van der Waals surface area contributed by atoms with Gasteiger partial charge in [0.1, 0.15) is 5.60 Å². The van der Waals surface area contributed by atoms with E-state index in [0.717, 1.165) is 77.0 Å². The summed E-state index contributed by atoms with van der Waals surface area (Å²) in [6.45, 7) is 8.74. The molecule has 0 heterocycles. The SMILES string of the molecule is CCCCC(CCCC)C(CCCC)(CCCC)OC(=O)O. The summed E-state index contributed by atoms with van der Waals surface area (Å²) in [5.41, 5.74) is -0.456. The van der Waals surface area contributed by atoms with Crippen LogP contribution in [-0.4, -0.2) is 16.9 Å². The average molecular weight is 315 g/mol. The van der Waals surface area contributed by atoms with Gasteiger partial charge in [0.2, 0.25) is 0 Å². The minimum atomic E-state index is -1.09. The van der Waals surface area contributed by atoms with E-state index in [-0.39, 0.29) is 0 Å². The summed E-state index contributed by atoms with van der Waals surface area (Å²) in [5.74, 6) is 0.376. The molecule has 0 aliphatic rings. The third-order valence-electron chi connectivity index (χ3n) is 4.75. The van der Waals surface area contributed by atoms with Crippen molar-refractivity contribution >= 4 is 6.16 Å². The largest absolute Gasteiger partial charge is 0.506 e. The van der Waals surface area contributed by atoms with Gasteiger partial charge in [-0.25, -0.2) is 4.79 Å². The Morgan fingerprint density at radius 2 is 1.27 bits per heavy atom. The highest BCUT2D eigenvalue weighted by Crippen LogP contribution is 2.39. The Labute approximate surface area is 137 Å². The lowest BCUT2D eigenvalue weighted by molar-refractivity contribution is -0.0762. The second-order valence-corrected chi connectivity index (χ2v) is 6.62. The first-order chi connectivity index (χ1) is 10.6. The lowest BCUT2D eigenvalue weighted by Crippen LogP contribution is -2.43. The van der Waals surface area contributed by atoms with Crippen molar-refractivity contribution < 1.29 is 14.6 Å². The van der Waals surface area contributed by atoms with Crippen LogP contribution in [-0.2, 0) is 4.74 Å². The Morgan fingerprint density at radius 1 is 0.864 bits per heavy atom. The standard InChI is InChI=1S/C19H38O3/c1-5-9-13-17(14-10-6-2)19(15-11-7-3,16-12-8-4)22-18(20)21/h17H,5-16H2,1-4H3,(H,20,21). The first kappa shape index (κ1) is 21.3. The van der Waals surface area contributed by atoms with Gasteiger partial charge in [-0.2, -0.15) is 0 Å². The summed E-state index contributed by atoms with van der Waals surface area (Å²) in [7, 11) is 0. The molecule has 0 aliphatic heterocycles. The summed E-state index contributed by atoms with van der Waals surface area (Å²) >= 11 is 0. The van der Waals surface area contributed by atoms with Crippen LogP contribution in [0.15, 0.2) is 0 Å². The Balaban J connectivity index is 5.27. The van der Waals surface area contributed by atoms with Crippen molar-refractivity contribution in [1.29, 1.82) is 0 Å². The predicted octanol–water partition coefficient (Wildman–Crippen LogP) is 6.80. The van der Waals surface area contributed by atoms with Crippen LogP contribution in [0.3, 0.4) is 0 Å². The van der Waals surface area contributed by atoms with Gasteiger partial charge < -0.3 is 9.84 Å². The summed E-state index contributed by atoms with van der Waals surface area (Å²) in [6, 6.07) is 0. The topological polar surface area (TPSA) is 46.5 Å². The van der Waals surface area contributed by atoms with Gasteiger partial charge in [-0.3, -0.25) is 0 Å². The van der Waals surface area contributed by atoms with Gasteiger partial charge in [0.15, 0.2) is 0 Å². The molecule has 0 rings (SSSR count). The van der Waals surface area contributed by atoms with Gasteiger partial charge in [0.05, 0.1) is 0 Å². The van der Waals surface area contributed by atoms with E-state index in [1.807, 2.05) is 0 Å². The molecule has 0 aliphatic carbocycles. The number of carbonyl (C=O) groups is 1. The smallest absolute Gasteiger partial charge is 0.450 e. The quantitative estimate of drug-likeness (QED) is 0.359. The van der Waals surface area contributed by atoms with Crippen LogP contribution >= 0.6 is 0 Å². The lowest BCUT2D eigenvalue weighted by atomic mass is 9.74. The molecule has 0 amide bonds. The minimum absolute atomic E-state index is 0.376. The predicted molar refractivity (Wildman–Crippen MR) is 93.4 cm³/mol. The van der Waals surface area contributed by atoms with Crippen LogP contribution in [0.1, 0.15) is 105 Å². The van der Waals surface area contributed by atoms with Gasteiger partial charge in [-0.1, -0.05) is 66.2 Å². The summed E-state index contributed by atoms with van der Waals surface area (Å²) in [5, 5.41) is 9.33. The number of unbranched alkanes of at least 4 members (excludes halogenated alkanes) is 4. The number of hydrogen-bond donors (Lipinski definition) is 1. The highest BCUT2D eigenvalue weighted by molar-refractivity contribution is 5.57. The molecule has 22 heavy (non-hydrogen) atoms. The van der Waals surface area contributed by atoms with Crippen molar-refractivity contribution in [3.05, 3.63) is 0 Å². The van der Waals surface area contributed by atoms with E-state index < -0.39 is 11.8 Å². The monoisotopic (exact) mass is 314 g/mol. The maximum absolute atomic E-state index is 11.4. The van der Waals surface area contributed by atoms with E-state index in [1.165, 1.54) is 0 Å². The fourth-order valence-corrected chi connectivity index (χ4v) is 3.42. The fourth-order valence-electron chi connectivity index (χ4n) is 3.42. The van der Waals surface area contributed by atoms with E-state index in [0.29, 0.717) is 5.92 Å². The van der Waals surface area contributed by atoms with Crippen LogP contribution < -0.4 is 0 Å². The molecule has 0 bridgehead atoms. The number of hydrogen-bond acceptors (Lipinski definition) is 2. The summed E-state index contributed by atoms with van der Waals surface area (Å²) < 4.78 is 5.62. The van der Waals surface area contributed by atoms with Crippen molar-refractivity contribution in [3.8, 4) is 0 Å². The fraction of sp³-hybridized carbons (Fsp3) is 0.947. The normalized spacial score (nSPS) is 11.9. The highest BCUT2D eigenvalue weighted by Gasteiger charge is 2.40. The van der Waals surface area contributed by atoms with E-state index in [4.69, 9.17) is 4.74 Å². The zero-order valence-electron chi connectivity index (χ0n) is 15.3. The minimum Gasteiger partial charge on any atom is -0.450 e. The second-order valence-electron chi connectivity index (χ2n) is 6.62. The Hall–Kier alpha value is -0.730. The molecule has 0 fully saturated rings. The van der Waals surface area contributed by atoms with Crippen LogP contribution in [0, 0.1) is 5.92 Å². The molecule has 0 saturated carbocycles. The van der Waals surface area contributed by atoms with Gasteiger partial charge in [-0.05, 0) is 44.4 Å². The number of carboxylic acid groups (broad SMARTS) is 1. The molecule has 0 spiro atoms. The van der Waals surface area contributed by atoms with Crippen LogP contribution in [0.25, 0.3) is 0 Å². The summed E-state index contributed by atoms with van der Waals surface area (Å²) in [6.07, 6.45) is 11.8. The van der Waals surface area contributed by atoms with Crippen LogP contribution in [0.4, 0.5) is 4.79 Å². The maximum atomic E-state index is 11.4. The van der Waals surface area contributed by atoms with Crippen molar-refractivity contribution in [1.82, 2.24) is 0 Å². The molecule has 1 N–H and O–H groups in total. The molecule has 3 heteroatoms. The maximum Gasteiger partial charge on any atom is 0.506 e. The van der Waals surface area contributed by atoms with E-state index in [1.54, 1.807) is 0 Å². The second kappa shape index (κ2) is 12.8. The molecule has 0 aromatic rings.